The topological polar surface area (TPSA) is 60.0 Å². The molecule has 0 aliphatic carbocycles. The molecular weight excluding hydrogens is 302 g/mol. The van der Waals surface area contributed by atoms with Crippen LogP contribution in [0.1, 0.15) is 18.4 Å². The summed E-state index contributed by atoms with van der Waals surface area (Å²) in [6, 6.07) is 7.88. The highest BCUT2D eigenvalue weighted by atomic mass is 16.3. The van der Waals surface area contributed by atoms with Crippen LogP contribution < -0.4 is 0 Å². The number of rotatable bonds is 5. The predicted molar refractivity (Wildman–Crippen MR) is 90.0 cm³/mol. The first kappa shape index (κ1) is 15.1. The van der Waals surface area contributed by atoms with E-state index in [9.17, 15) is 0 Å². The smallest absolute Gasteiger partial charge is 0.131 e. The lowest BCUT2D eigenvalue weighted by Crippen LogP contribution is -2.34. The van der Waals surface area contributed by atoms with Crippen LogP contribution in [0.2, 0.25) is 0 Å². The van der Waals surface area contributed by atoms with E-state index in [-0.39, 0.29) is 0 Å². The van der Waals surface area contributed by atoms with E-state index in [0.717, 1.165) is 37.6 Å². The Hall–Kier alpha value is -2.47. The van der Waals surface area contributed by atoms with Gasteiger partial charge in [-0.25, -0.2) is 0 Å². The summed E-state index contributed by atoms with van der Waals surface area (Å²) in [6.07, 6.45) is 9.74. The Morgan fingerprint density at radius 2 is 2.04 bits per heavy atom. The minimum Gasteiger partial charge on any atom is -0.472 e. The van der Waals surface area contributed by atoms with Crippen LogP contribution in [-0.2, 0) is 13.1 Å². The number of furan rings is 1. The average Bonchev–Trinajstić information content (AvgIpc) is 3.29. The molecule has 0 atom stereocenters. The zero-order chi connectivity index (χ0) is 16.2. The van der Waals surface area contributed by atoms with Crippen LogP contribution in [0.25, 0.3) is 11.4 Å². The Morgan fingerprint density at radius 1 is 1.12 bits per heavy atom. The van der Waals surface area contributed by atoms with Gasteiger partial charge in [0.1, 0.15) is 5.69 Å². The maximum Gasteiger partial charge on any atom is 0.131 e. The molecule has 0 radical (unpaired) electrons. The molecule has 0 unspecified atom stereocenters. The maximum absolute atomic E-state index is 5.14. The van der Waals surface area contributed by atoms with E-state index in [1.807, 2.05) is 41.4 Å². The van der Waals surface area contributed by atoms with E-state index in [4.69, 9.17) is 4.42 Å². The number of nitrogens with zero attached hydrogens (tertiary/aromatic N) is 5. The van der Waals surface area contributed by atoms with Crippen molar-refractivity contribution in [2.75, 3.05) is 13.1 Å². The van der Waals surface area contributed by atoms with Crippen LogP contribution in [0.3, 0.4) is 0 Å². The lowest BCUT2D eigenvalue weighted by atomic mass is 9.96. The summed E-state index contributed by atoms with van der Waals surface area (Å²) in [5.41, 5.74) is 2.97. The fourth-order valence-corrected chi connectivity index (χ4v) is 3.25. The number of likely N-dealkylation sites (tertiary alicyclic amines) is 1. The van der Waals surface area contributed by atoms with E-state index in [1.54, 1.807) is 12.5 Å². The van der Waals surface area contributed by atoms with E-state index in [1.165, 1.54) is 18.4 Å². The van der Waals surface area contributed by atoms with Crippen LogP contribution in [0.4, 0.5) is 0 Å². The standard InChI is InChI=1S/C18H21N5O/c1-2-7-19-17(3-1)18-13-23(21-20-18)12-15-4-8-22(9-5-15)11-16-6-10-24-14-16/h1-3,6-7,10,13-15H,4-5,8-9,11-12H2. The van der Waals surface area contributed by atoms with Crippen LogP contribution in [0.15, 0.2) is 53.6 Å². The molecule has 1 fully saturated rings. The van der Waals surface area contributed by atoms with Gasteiger partial charge >= 0.3 is 0 Å². The Labute approximate surface area is 141 Å². The summed E-state index contributed by atoms with van der Waals surface area (Å²) in [4.78, 5) is 6.81. The van der Waals surface area contributed by atoms with Crippen molar-refractivity contribution in [3.63, 3.8) is 0 Å². The summed E-state index contributed by atoms with van der Waals surface area (Å²) in [7, 11) is 0. The van der Waals surface area contributed by atoms with Crippen molar-refractivity contribution in [1.82, 2.24) is 24.9 Å². The zero-order valence-corrected chi connectivity index (χ0v) is 13.6. The maximum atomic E-state index is 5.14. The summed E-state index contributed by atoms with van der Waals surface area (Å²) >= 11 is 0. The van der Waals surface area contributed by atoms with E-state index < -0.39 is 0 Å². The highest BCUT2D eigenvalue weighted by Crippen LogP contribution is 2.21. The second-order valence-electron chi connectivity index (χ2n) is 6.39. The third-order valence-electron chi connectivity index (χ3n) is 4.60. The van der Waals surface area contributed by atoms with Gasteiger partial charge in [-0.2, -0.15) is 0 Å². The van der Waals surface area contributed by atoms with Gasteiger partial charge in [0.15, 0.2) is 0 Å². The molecule has 24 heavy (non-hydrogen) atoms. The fraction of sp³-hybridized carbons (Fsp3) is 0.389. The molecule has 0 amide bonds. The lowest BCUT2D eigenvalue weighted by Gasteiger charge is -2.31. The van der Waals surface area contributed by atoms with Crippen LogP contribution in [0.5, 0.6) is 0 Å². The predicted octanol–water partition coefficient (Wildman–Crippen LogP) is 2.85. The van der Waals surface area contributed by atoms with Crippen LogP contribution in [-0.4, -0.2) is 38.0 Å². The second-order valence-corrected chi connectivity index (χ2v) is 6.39. The first-order valence-corrected chi connectivity index (χ1v) is 8.42. The molecule has 1 aliphatic heterocycles. The zero-order valence-electron chi connectivity index (χ0n) is 13.6. The van der Waals surface area contributed by atoms with Gasteiger partial charge in [0.2, 0.25) is 0 Å². The molecule has 1 saturated heterocycles. The first-order valence-electron chi connectivity index (χ1n) is 8.42. The number of aromatic nitrogens is 4. The van der Waals surface area contributed by atoms with Gasteiger partial charge in [-0.1, -0.05) is 11.3 Å². The molecule has 3 aromatic rings. The largest absolute Gasteiger partial charge is 0.472 e. The minimum atomic E-state index is 0.656. The summed E-state index contributed by atoms with van der Waals surface area (Å²) in [5.74, 6) is 0.656. The van der Waals surface area contributed by atoms with Gasteiger partial charge in [-0.15, -0.1) is 5.10 Å². The summed E-state index contributed by atoms with van der Waals surface area (Å²) in [6.45, 7) is 4.16. The highest BCUT2D eigenvalue weighted by Gasteiger charge is 2.20. The average molecular weight is 323 g/mol. The molecule has 124 valence electrons. The lowest BCUT2D eigenvalue weighted by molar-refractivity contribution is 0.164. The van der Waals surface area contributed by atoms with Crippen molar-refractivity contribution in [1.29, 1.82) is 0 Å². The molecule has 3 aromatic heterocycles. The molecule has 4 rings (SSSR count). The van der Waals surface area contributed by atoms with Crippen molar-refractivity contribution < 1.29 is 4.42 Å². The molecule has 0 spiro atoms. The van der Waals surface area contributed by atoms with E-state index in [2.05, 4.69) is 20.2 Å². The minimum absolute atomic E-state index is 0.656. The molecule has 0 aromatic carbocycles. The van der Waals surface area contributed by atoms with Crippen molar-refractivity contribution in [3.05, 3.63) is 54.7 Å². The Kier molecular flexibility index (Phi) is 4.38. The molecule has 4 heterocycles. The van der Waals surface area contributed by atoms with Crippen LogP contribution in [0, 0.1) is 5.92 Å². The quantitative estimate of drug-likeness (QED) is 0.722. The van der Waals surface area contributed by atoms with E-state index >= 15 is 0 Å². The van der Waals surface area contributed by atoms with Crippen molar-refractivity contribution in [2.45, 2.75) is 25.9 Å². The van der Waals surface area contributed by atoms with Crippen molar-refractivity contribution >= 4 is 0 Å². The fourth-order valence-electron chi connectivity index (χ4n) is 3.25. The molecule has 1 aliphatic rings. The Bertz CT molecular complexity index is 745. The summed E-state index contributed by atoms with van der Waals surface area (Å²) < 4.78 is 7.10. The summed E-state index contributed by atoms with van der Waals surface area (Å²) in [5, 5.41) is 8.51. The molecule has 6 nitrogen and oxygen atoms in total. The Morgan fingerprint density at radius 3 is 2.79 bits per heavy atom. The first-order chi connectivity index (χ1) is 11.9. The highest BCUT2D eigenvalue weighted by molar-refractivity contribution is 5.51. The number of piperidine rings is 1. The van der Waals surface area contributed by atoms with Gasteiger partial charge in [0.05, 0.1) is 24.4 Å². The van der Waals surface area contributed by atoms with Gasteiger partial charge in [-0.3, -0.25) is 14.6 Å². The number of pyridine rings is 1. The Balaban J connectivity index is 1.30. The van der Waals surface area contributed by atoms with Crippen molar-refractivity contribution in [3.8, 4) is 11.4 Å². The normalized spacial score (nSPS) is 16.5. The van der Waals surface area contributed by atoms with Gasteiger partial charge in [0.25, 0.3) is 0 Å². The molecule has 0 N–H and O–H groups in total. The third-order valence-corrected chi connectivity index (χ3v) is 4.60. The molecule has 0 saturated carbocycles. The second kappa shape index (κ2) is 6.97. The molecule has 0 bridgehead atoms. The SMILES string of the molecule is c1ccc(-c2cn(CC3CCN(Cc4ccoc4)CC3)nn2)nc1. The van der Waals surface area contributed by atoms with Gasteiger partial charge in [-0.05, 0) is 50.0 Å². The van der Waals surface area contributed by atoms with Crippen LogP contribution >= 0.6 is 0 Å². The van der Waals surface area contributed by atoms with Gasteiger partial charge < -0.3 is 4.42 Å². The van der Waals surface area contributed by atoms with Gasteiger partial charge in [0, 0.05) is 24.8 Å². The van der Waals surface area contributed by atoms with Crippen molar-refractivity contribution in [2.24, 2.45) is 5.92 Å². The molecular formula is C18H21N5O. The number of hydrogen-bond acceptors (Lipinski definition) is 5. The number of hydrogen-bond donors (Lipinski definition) is 0. The third kappa shape index (κ3) is 3.54. The monoisotopic (exact) mass is 323 g/mol. The molecule has 6 heteroatoms. The van der Waals surface area contributed by atoms with E-state index in [0.29, 0.717) is 5.92 Å².